The summed E-state index contributed by atoms with van der Waals surface area (Å²) >= 11 is 0. The Morgan fingerprint density at radius 2 is 1.83 bits per heavy atom. The molecule has 29 heavy (non-hydrogen) atoms. The van der Waals surface area contributed by atoms with Gasteiger partial charge in [0.1, 0.15) is 11.3 Å². The van der Waals surface area contributed by atoms with Crippen LogP contribution in [0.3, 0.4) is 0 Å². The molecule has 1 fully saturated rings. The first-order valence-electron chi connectivity index (χ1n) is 9.88. The lowest BCUT2D eigenvalue weighted by atomic mass is 9.93. The molecule has 1 aliphatic rings. The minimum absolute atomic E-state index is 0.331. The van der Waals surface area contributed by atoms with Crippen molar-refractivity contribution in [2.24, 2.45) is 0 Å². The molecule has 4 heterocycles. The van der Waals surface area contributed by atoms with Crippen LogP contribution in [-0.4, -0.2) is 45.2 Å². The quantitative estimate of drug-likeness (QED) is 0.505. The lowest BCUT2D eigenvalue weighted by Gasteiger charge is -2.28. The molecule has 0 saturated carbocycles. The molecule has 0 unspecified atom stereocenters. The molecule has 4 aromatic rings. The molecule has 0 aliphatic carbocycles. The highest BCUT2D eigenvalue weighted by atomic mass is 19.1. The highest BCUT2D eigenvalue weighted by molar-refractivity contribution is 5.85. The fourth-order valence-electron chi connectivity index (χ4n) is 4.10. The minimum atomic E-state index is -0.338. The van der Waals surface area contributed by atoms with Crippen LogP contribution in [0, 0.1) is 19.7 Å². The van der Waals surface area contributed by atoms with E-state index in [9.17, 15) is 4.39 Å². The summed E-state index contributed by atoms with van der Waals surface area (Å²) < 4.78 is 20.9. The van der Waals surface area contributed by atoms with Crippen molar-refractivity contribution in [3.05, 3.63) is 47.2 Å². The number of fused-ring (bicyclic) bond motifs is 2. The molecular formula is C22H22FN5O. The molecule has 3 aromatic heterocycles. The summed E-state index contributed by atoms with van der Waals surface area (Å²) in [5.74, 6) is 0.352. The van der Waals surface area contributed by atoms with Gasteiger partial charge in [-0.15, -0.1) is 0 Å². The van der Waals surface area contributed by atoms with Crippen molar-refractivity contribution in [1.82, 2.24) is 25.1 Å². The standard InChI is InChI=1S/C22H22FN5O/c1-12-8-20-21(13(2)24-12)25-22(29-20)15-9-17(23)16-11-18(26-27-19(16)10-15)14-4-6-28(3)7-5-14/h8-11,14H,4-7H2,1-3H3. The summed E-state index contributed by atoms with van der Waals surface area (Å²) in [6.45, 7) is 5.84. The maximum absolute atomic E-state index is 15.0. The number of rotatable bonds is 2. The van der Waals surface area contributed by atoms with E-state index < -0.39 is 0 Å². The molecular weight excluding hydrogens is 369 g/mol. The van der Waals surface area contributed by atoms with Gasteiger partial charge >= 0.3 is 0 Å². The van der Waals surface area contributed by atoms with Crippen molar-refractivity contribution in [1.29, 1.82) is 0 Å². The first kappa shape index (κ1) is 18.1. The molecule has 0 atom stereocenters. The number of aryl methyl sites for hydroxylation is 2. The third-order valence-electron chi connectivity index (χ3n) is 5.74. The fourth-order valence-corrected chi connectivity index (χ4v) is 4.10. The van der Waals surface area contributed by atoms with Crippen LogP contribution in [0.25, 0.3) is 33.5 Å². The summed E-state index contributed by atoms with van der Waals surface area (Å²) in [6, 6.07) is 6.93. The Kier molecular flexibility index (Phi) is 4.28. The molecule has 6 nitrogen and oxygen atoms in total. The Bertz CT molecular complexity index is 1230. The van der Waals surface area contributed by atoms with Gasteiger partial charge in [-0.25, -0.2) is 9.37 Å². The smallest absolute Gasteiger partial charge is 0.227 e. The van der Waals surface area contributed by atoms with E-state index in [1.165, 1.54) is 6.07 Å². The van der Waals surface area contributed by atoms with Crippen LogP contribution < -0.4 is 0 Å². The second-order valence-electron chi connectivity index (χ2n) is 7.95. The van der Waals surface area contributed by atoms with Crippen LogP contribution in [0.1, 0.15) is 35.8 Å². The Hall–Kier alpha value is -2.93. The number of hydrogen-bond donors (Lipinski definition) is 0. The number of aromatic nitrogens is 4. The summed E-state index contributed by atoms with van der Waals surface area (Å²) in [7, 11) is 2.12. The minimum Gasteiger partial charge on any atom is -0.436 e. The summed E-state index contributed by atoms with van der Waals surface area (Å²) in [5.41, 5.74) is 4.91. The molecule has 0 N–H and O–H groups in total. The maximum atomic E-state index is 15.0. The molecule has 1 aromatic carbocycles. The van der Waals surface area contributed by atoms with Crippen molar-refractivity contribution < 1.29 is 8.81 Å². The average molecular weight is 391 g/mol. The van der Waals surface area contributed by atoms with Gasteiger partial charge in [0.25, 0.3) is 0 Å². The van der Waals surface area contributed by atoms with Crippen LogP contribution in [-0.2, 0) is 0 Å². The first-order chi connectivity index (χ1) is 14.0. The van der Waals surface area contributed by atoms with E-state index in [0.717, 1.165) is 43.0 Å². The molecule has 1 saturated heterocycles. The lowest BCUT2D eigenvalue weighted by molar-refractivity contribution is 0.253. The molecule has 0 radical (unpaired) electrons. The van der Waals surface area contributed by atoms with Crippen molar-refractivity contribution in [3.63, 3.8) is 0 Å². The number of hydrogen-bond acceptors (Lipinski definition) is 6. The fraction of sp³-hybridized carbons (Fsp3) is 0.364. The predicted molar refractivity (Wildman–Crippen MR) is 109 cm³/mol. The zero-order valence-electron chi connectivity index (χ0n) is 16.7. The van der Waals surface area contributed by atoms with Crippen molar-refractivity contribution >= 4 is 22.0 Å². The van der Waals surface area contributed by atoms with E-state index in [4.69, 9.17) is 4.42 Å². The van der Waals surface area contributed by atoms with E-state index in [1.54, 1.807) is 6.07 Å². The number of nitrogens with zero attached hydrogens (tertiary/aromatic N) is 5. The van der Waals surface area contributed by atoms with Gasteiger partial charge in [-0.2, -0.15) is 10.2 Å². The van der Waals surface area contributed by atoms with Gasteiger partial charge in [-0.05, 0) is 65.0 Å². The number of pyridine rings is 1. The third-order valence-corrected chi connectivity index (χ3v) is 5.74. The van der Waals surface area contributed by atoms with Gasteiger partial charge in [0, 0.05) is 28.6 Å². The first-order valence-corrected chi connectivity index (χ1v) is 9.88. The maximum Gasteiger partial charge on any atom is 0.227 e. The van der Waals surface area contributed by atoms with Crippen molar-refractivity contribution in [2.45, 2.75) is 32.6 Å². The van der Waals surface area contributed by atoms with Gasteiger partial charge in [0.15, 0.2) is 5.58 Å². The lowest BCUT2D eigenvalue weighted by Crippen LogP contribution is -2.29. The van der Waals surface area contributed by atoms with Crippen molar-refractivity contribution in [3.8, 4) is 11.5 Å². The zero-order chi connectivity index (χ0) is 20.1. The largest absolute Gasteiger partial charge is 0.436 e. The summed E-state index contributed by atoms with van der Waals surface area (Å²) in [6.07, 6.45) is 2.04. The van der Waals surface area contributed by atoms with Gasteiger partial charge in [0.05, 0.1) is 16.9 Å². The number of likely N-dealkylation sites (tertiary alicyclic amines) is 1. The van der Waals surface area contributed by atoms with E-state index in [2.05, 4.69) is 32.1 Å². The third kappa shape index (κ3) is 3.25. The molecule has 0 spiro atoms. The molecule has 1 aliphatic heterocycles. The van der Waals surface area contributed by atoms with Crippen LogP contribution in [0.15, 0.2) is 28.7 Å². The number of halogens is 1. The monoisotopic (exact) mass is 391 g/mol. The normalized spacial score (nSPS) is 16.1. The molecule has 148 valence electrons. The van der Waals surface area contributed by atoms with Gasteiger partial charge in [-0.3, -0.25) is 4.98 Å². The SMILES string of the molecule is Cc1cc2oc(-c3cc(F)c4cc(C5CCN(C)CC5)nnc4c3)nc2c(C)n1. The number of benzene rings is 1. The van der Waals surface area contributed by atoms with Gasteiger partial charge in [0.2, 0.25) is 5.89 Å². The Morgan fingerprint density at radius 1 is 1.03 bits per heavy atom. The Labute approximate surface area is 167 Å². The predicted octanol–water partition coefficient (Wildman–Crippen LogP) is 4.40. The van der Waals surface area contributed by atoms with E-state index >= 15 is 0 Å². The molecule has 5 rings (SSSR count). The highest BCUT2D eigenvalue weighted by Gasteiger charge is 2.21. The van der Waals surface area contributed by atoms with Crippen LogP contribution in [0.4, 0.5) is 4.39 Å². The molecule has 0 bridgehead atoms. The van der Waals surface area contributed by atoms with Crippen LogP contribution >= 0.6 is 0 Å². The zero-order valence-corrected chi connectivity index (χ0v) is 16.7. The highest BCUT2D eigenvalue weighted by Crippen LogP contribution is 2.32. The van der Waals surface area contributed by atoms with Crippen LogP contribution in [0.2, 0.25) is 0 Å². The van der Waals surface area contributed by atoms with E-state index in [0.29, 0.717) is 39.4 Å². The number of oxazole rings is 1. The Balaban J connectivity index is 1.55. The average Bonchev–Trinajstić information content (AvgIpc) is 3.13. The molecule has 7 heteroatoms. The molecule has 0 amide bonds. The van der Waals surface area contributed by atoms with E-state index in [1.807, 2.05) is 26.0 Å². The second-order valence-corrected chi connectivity index (χ2v) is 7.95. The topological polar surface area (TPSA) is 67.9 Å². The van der Waals surface area contributed by atoms with Crippen LogP contribution in [0.5, 0.6) is 0 Å². The van der Waals surface area contributed by atoms with Gasteiger partial charge < -0.3 is 9.32 Å². The summed E-state index contributed by atoms with van der Waals surface area (Å²) in [5, 5.41) is 9.21. The number of piperidine rings is 1. The van der Waals surface area contributed by atoms with Gasteiger partial charge in [-0.1, -0.05) is 0 Å². The Morgan fingerprint density at radius 3 is 2.62 bits per heavy atom. The summed E-state index contributed by atoms with van der Waals surface area (Å²) in [4.78, 5) is 11.2. The second kappa shape index (κ2) is 6.84. The van der Waals surface area contributed by atoms with E-state index in [-0.39, 0.29) is 5.82 Å². The van der Waals surface area contributed by atoms with Crippen molar-refractivity contribution in [2.75, 3.05) is 20.1 Å².